The van der Waals surface area contributed by atoms with Crippen molar-refractivity contribution in [3.05, 3.63) is 100 Å². The molecule has 0 aliphatic heterocycles. The first-order chi connectivity index (χ1) is 15.4. The van der Waals surface area contributed by atoms with E-state index in [1.54, 1.807) is 32.3 Å². The van der Waals surface area contributed by atoms with Crippen molar-refractivity contribution in [3.63, 3.8) is 0 Å². The number of nitrogens with one attached hydrogen (secondary N) is 1. The fraction of sp³-hybridized carbons (Fsp3) is 0.115. The highest BCUT2D eigenvalue weighted by molar-refractivity contribution is 5.92. The van der Waals surface area contributed by atoms with Crippen molar-refractivity contribution in [2.24, 2.45) is 0 Å². The molecular formula is C26H24N4O2. The average Bonchev–Trinajstić information content (AvgIpc) is 2.79. The molecule has 4 aromatic rings. The van der Waals surface area contributed by atoms with Gasteiger partial charge in [-0.1, -0.05) is 36.4 Å². The number of fused-ring (bicyclic) bond motifs is 1. The zero-order chi connectivity index (χ0) is 22.7. The van der Waals surface area contributed by atoms with Gasteiger partial charge in [0.05, 0.1) is 5.39 Å². The van der Waals surface area contributed by atoms with Crippen LogP contribution in [0.1, 0.15) is 11.3 Å². The van der Waals surface area contributed by atoms with Crippen LogP contribution in [-0.2, 0) is 4.79 Å². The van der Waals surface area contributed by atoms with Gasteiger partial charge in [0.25, 0.3) is 0 Å². The Morgan fingerprint density at radius 3 is 2.31 bits per heavy atom. The second kappa shape index (κ2) is 8.89. The summed E-state index contributed by atoms with van der Waals surface area (Å²) in [5.41, 5.74) is 3.61. The molecule has 0 aliphatic carbocycles. The highest BCUT2D eigenvalue weighted by Crippen LogP contribution is 2.25. The zero-order valence-electron chi connectivity index (χ0n) is 18.2. The Morgan fingerprint density at radius 2 is 1.66 bits per heavy atom. The lowest BCUT2D eigenvalue weighted by Crippen LogP contribution is -2.18. The first-order valence-electron chi connectivity index (χ1n) is 10.3. The number of carbonyl (C=O) groups excluding carboxylic acids is 1. The summed E-state index contributed by atoms with van der Waals surface area (Å²) in [4.78, 5) is 31.3. The summed E-state index contributed by atoms with van der Waals surface area (Å²) in [5.74, 6) is 0.492. The number of likely N-dealkylation sites (N-methyl/N-ethyl adjacent to an activating group) is 1. The van der Waals surface area contributed by atoms with Gasteiger partial charge in [0, 0.05) is 43.3 Å². The van der Waals surface area contributed by atoms with Crippen LogP contribution in [-0.4, -0.2) is 34.5 Å². The van der Waals surface area contributed by atoms with Gasteiger partial charge in [-0.15, -0.1) is 0 Å². The molecule has 0 unspecified atom stereocenters. The van der Waals surface area contributed by atoms with Gasteiger partial charge in [0.15, 0.2) is 5.43 Å². The number of hydrogen-bond acceptors (Lipinski definition) is 4. The number of nitrogens with zero attached hydrogens (tertiary/aromatic N) is 3. The Hall–Kier alpha value is -4.19. The van der Waals surface area contributed by atoms with Gasteiger partial charge in [0.2, 0.25) is 5.91 Å². The number of rotatable bonds is 5. The van der Waals surface area contributed by atoms with Crippen molar-refractivity contribution in [1.82, 2.24) is 14.5 Å². The average molecular weight is 425 g/mol. The topological polar surface area (TPSA) is 67.2 Å². The fourth-order valence-corrected chi connectivity index (χ4v) is 3.42. The summed E-state index contributed by atoms with van der Waals surface area (Å²) >= 11 is 0. The Kier molecular flexibility index (Phi) is 5.85. The van der Waals surface area contributed by atoms with Crippen LogP contribution >= 0.6 is 0 Å². The standard InChI is InChI=1S/C26H24N4O2/c1-18-19(14-15-25(32)29(2)3)16-22-23(31)17-24(28-20-10-6-4-7-11-20)30(26(22)27-18)21-12-8-5-9-13-21/h4-17,28H,1-3H3. The number of pyridine rings is 2. The molecule has 1 amide bonds. The van der Waals surface area contributed by atoms with Crippen LogP contribution in [0.15, 0.2) is 83.7 Å². The largest absolute Gasteiger partial charge is 0.345 e. The van der Waals surface area contributed by atoms with Crippen molar-refractivity contribution in [3.8, 4) is 5.69 Å². The Labute approximate surface area is 186 Å². The summed E-state index contributed by atoms with van der Waals surface area (Å²) in [6.45, 7) is 1.87. The number of para-hydroxylation sites is 2. The van der Waals surface area contributed by atoms with Crippen LogP contribution < -0.4 is 10.7 Å². The molecule has 0 fully saturated rings. The van der Waals surface area contributed by atoms with Gasteiger partial charge < -0.3 is 10.2 Å². The van der Waals surface area contributed by atoms with Crippen LogP contribution in [0.4, 0.5) is 11.5 Å². The molecule has 32 heavy (non-hydrogen) atoms. The smallest absolute Gasteiger partial charge is 0.246 e. The van der Waals surface area contributed by atoms with Gasteiger partial charge in [0.1, 0.15) is 11.5 Å². The maximum absolute atomic E-state index is 13.1. The quantitative estimate of drug-likeness (QED) is 0.478. The van der Waals surface area contributed by atoms with Crippen LogP contribution in [0.25, 0.3) is 22.8 Å². The minimum Gasteiger partial charge on any atom is -0.345 e. The summed E-state index contributed by atoms with van der Waals surface area (Å²) < 4.78 is 1.94. The molecule has 6 heteroatoms. The molecule has 0 bridgehead atoms. The Morgan fingerprint density at radius 1 is 1.00 bits per heavy atom. The van der Waals surface area contributed by atoms with E-state index in [0.717, 1.165) is 22.6 Å². The van der Waals surface area contributed by atoms with Crippen LogP contribution in [0.3, 0.4) is 0 Å². The summed E-state index contributed by atoms with van der Waals surface area (Å²) in [7, 11) is 3.38. The Balaban J connectivity index is 1.93. The van der Waals surface area contributed by atoms with E-state index in [0.29, 0.717) is 16.9 Å². The van der Waals surface area contributed by atoms with Gasteiger partial charge in [-0.2, -0.15) is 0 Å². The monoisotopic (exact) mass is 424 g/mol. The molecule has 2 aromatic heterocycles. The van der Waals surface area contributed by atoms with E-state index in [1.165, 1.54) is 11.0 Å². The predicted molar refractivity (Wildman–Crippen MR) is 130 cm³/mol. The summed E-state index contributed by atoms with van der Waals surface area (Å²) in [6, 6.07) is 22.9. The second-order valence-electron chi connectivity index (χ2n) is 7.66. The molecule has 160 valence electrons. The lowest BCUT2D eigenvalue weighted by atomic mass is 10.1. The highest BCUT2D eigenvalue weighted by Gasteiger charge is 2.14. The molecule has 1 N–H and O–H groups in total. The molecule has 4 rings (SSSR count). The first kappa shape index (κ1) is 21.1. The maximum atomic E-state index is 13.1. The SMILES string of the molecule is Cc1nc2c(cc1C=CC(=O)N(C)C)c(=O)cc(Nc1ccccc1)n2-c1ccccc1. The predicted octanol–water partition coefficient (Wildman–Crippen LogP) is 4.54. The number of amides is 1. The number of carbonyl (C=O) groups is 1. The van der Waals surface area contributed by atoms with E-state index in [9.17, 15) is 9.59 Å². The molecule has 2 aromatic carbocycles. The third-order valence-electron chi connectivity index (χ3n) is 5.12. The van der Waals surface area contributed by atoms with Gasteiger partial charge in [-0.05, 0) is 48.9 Å². The van der Waals surface area contributed by atoms with Crippen LogP contribution in [0.2, 0.25) is 0 Å². The van der Waals surface area contributed by atoms with Crippen molar-refractivity contribution in [1.29, 1.82) is 0 Å². The van der Waals surface area contributed by atoms with Crippen molar-refractivity contribution in [2.75, 3.05) is 19.4 Å². The normalized spacial score (nSPS) is 11.1. The molecule has 0 aliphatic rings. The van der Waals surface area contributed by atoms with Gasteiger partial charge >= 0.3 is 0 Å². The number of anilines is 2. The highest BCUT2D eigenvalue weighted by atomic mass is 16.2. The van der Waals surface area contributed by atoms with E-state index < -0.39 is 0 Å². The molecule has 0 radical (unpaired) electrons. The lowest BCUT2D eigenvalue weighted by Gasteiger charge is -2.18. The molecule has 0 saturated carbocycles. The number of benzene rings is 2. The van der Waals surface area contributed by atoms with Crippen molar-refractivity contribution in [2.45, 2.75) is 6.92 Å². The van der Waals surface area contributed by atoms with E-state index >= 15 is 0 Å². The van der Waals surface area contributed by atoms with Crippen LogP contribution in [0.5, 0.6) is 0 Å². The van der Waals surface area contributed by atoms with E-state index in [2.05, 4.69) is 5.32 Å². The number of aryl methyl sites for hydroxylation is 1. The van der Waals surface area contributed by atoms with Gasteiger partial charge in [-0.3, -0.25) is 14.2 Å². The number of aromatic nitrogens is 2. The molecule has 0 spiro atoms. The van der Waals surface area contributed by atoms with E-state index in [-0.39, 0.29) is 11.3 Å². The van der Waals surface area contributed by atoms with E-state index in [4.69, 9.17) is 4.98 Å². The van der Waals surface area contributed by atoms with Crippen LogP contribution in [0, 0.1) is 6.92 Å². The minimum atomic E-state index is -0.147. The molecule has 0 atom stereocenters. The zero-order valence-corrected chi connectivity index (χ0v) is 18.2. The summed E-state index contributed by atoms with van der Waals surface area (Å²) in [6.07, 6.45) is 3.18. The molecule has 0 saturated heterocycles. The first-order valence-corrected chi connectivity index (χ1v) is 10.3. The lowest BCUT2D eigenvalue weighted by molar-refractivity contribution is -0.123. The second-order valence-corrected chi connectivity index (χ2v) is 7.66. The van der Waals surface area contributed by atoms with E-state index in [1.807, 2.05) is 72.2 Å². The fourth-order valence-electron chi connectivity index (χ4n) is 3.42. The van der Waals surface area contributed by atoms with Gasteiger partial charge in [-0.25, -0.2) is 4.98 Å². The summed E-state index contributed by atoms with van der Waals surface area (Å²) in [5, 5.41) is 3.83. The maximum Gasteiger partial charge on any atom is 0.246 e. The van der Waals surface area contributed by atoms with Crippen molar-refractivity contribution < 1.29 is 4.79 Å². The minimum absolute atomic E-state index is 0.131. The third-order valence-corrected chi connectivity index (χ3v) is 5.12. The number of hydrogen-bond donors (Lipinski definition) is 1. The third kappa shape index (κ3) is 4.30. The molecular weight excluding hydrogens is 400 g/mol. The molecule has 6 nitrogen and oxygen atoms in total. The van der Waals surface area contributed by atoms with Crippen molar-refractivity contribution >= 4 is 34.5 Å². The molecule has 2 heterocycles. The Bertz CT molecular complexity index is 1360.